The summed E-state index contributed by atoms with van der Waals surface area (Å²) in [7, 11) is 0. The standard InChI is InChI=1S/C17H12O8/c1-8(2)16(22)24-25-17(23)12-6-3-9-7-10(14(18)19)4-5-11(9)13(12)15(20)21/h3-7H,1H2,2H3,(H,18,19)(H,20,21). The van der Waals surface area contributed by atoms with Crippen LogP contribution in [0.15, 0.2) is 42.5 Å². The lowest BCUT2D eigenvalue weighted by Gasteiger charge is -2.09. The van der Waals surface area contributed by atoms with E-state index in [0.29, 0.717) is 5.39 Å². The topological polar surface area (TPSA) is 127 Å². The normalized spacial score (nSPS) is 10.1. The molecule has 25 heavy (non-hydrogen) atoms. The Morgan fingerprint density at radius 1 is 0.960 bits per heavy atom. The van der Waals surface area contributed by atoms with E-state index in [1.165, 1.54) is 31.2 Å². The Morgan fingerprint density at radius 3 is 2.20 bits per heavy atom. The molecule has 0 amide bonds. The van der Waals surface area contributed by atoms with Gasteiger partial charge in [-0.1, -0.05) is 18.7 Å². The van der Waals surface area contributed by atoms with Crippen LogP contribution in [-0.2, 0) is 14.6 Å². The molecule has 0 aromatic heterocycles. The Morgan fingerprint density at radius 2 is 1.64 bits per heavy atom. The molecule has 0 aliphatic heterocycles. The summed E-state index contributed by atoms with van der Waals surface area (Å²) < 4.78 is 0. The lowest BCUT2D eigenvalue weighted by Crippen LogP contribution is -2.15. The largest absolute Gasteiger partial charge is 0.478 e. The van der Waals surface area contributed by atoms with Gasteiger partial charge in [-0.15, -0.1) is 0 Å². The molecule has 8 nitrogen and oxygen atoms in total. The lowest BCUT2D eigenvalue weighted by atomic mass is 9.97. The number of aromatic carboxylic acids is 2. The zero-order chi connectivity index (χ0) is 18.7. The maximum atomic E-state index is 12.0. The van der Waals surface area contributed by atoms with Crippen molar-refractivity contribution in [2.45, 2.75) is 6.92 Å². The van der Waals surface area contributed by atoms with Crippen molar-refractivity contribution < 1.29 is 39.2 Å². The van der Waals surface area contributed by atoms with Crippen LogP contribution in [0.5, 0.6) is 0 Å². The smallest absolute Gasteiger partial charge is 0.387 e. The van der Waals surface area contributed by atoms with Gasteiger partial charge in [0.25, 0.3) is 0 Å². The van der Waals surface area contributed by atoms with Gasteiger partial charge in [0.1, 0.15) is 0 Å². The highest BCUT2D eigenvalue weighted by molar-refractivity contribution is 6.12. The van der Waals surface area contributed by atoms with E-state index < -0.39 is 29.4 Å². The van der Waals surface area contributed by atoms with Crippen molar-refractivity contribution in [1.29, 1.82) is 0 Å². The van der Waals surface area contributed by atoms with Crippen LogP contribution in [0.4, 0.5) is 0 Å². The molecule has 2 N–H and O–H groups in total. The Kier molecular flexibility index (Phi) is 4.83. The highest BCUT2D eigenvalue weighted by atomic mass is 17.2. The Hall–Kier alpha value is -3.68. The minimum Gasteiger partial charge on any atom is -0.478 e. The molecule has 0 aliphatic rings. The number of hydrogen-bond acceptors (Lipinski definition) is 6. The first kappa shape index (κ1) is 17.7. The molecule has 0 fully saturated rings. The molecule has 0 atom stereocenters. The summed E-state index contributed by atoms with van der Waals surface area (Å²) >= 11 is 0. The number of carbonyl (C=O) groups excluding carboxylic acids is 2. The zero-order valence-corrected chi connectivity index (χ0v) is 12.9. The van der Waals surface area contributed by atoms with E-state index in [2.05, 4.69) is 16.4 Å². The summed E-state index contributed by atoms with van der Waals surface area (Å²) in [6, 6.07) is 6.28. The number of carbonyl (C=O) groups is 4. The summed E-state index contributed by atoms with van der Waals surface area (Å²) in [5, 5.41) is 18.8. The molecule has 0 saturated carbocycles. The molecule has 0 spiro atoms. The van der Waals surface area contributed by atoms with Gasteiger partial charge in [0.2, 0.25) is 0 Å². The SMILES string of the molecule is C=C(C)C(=O)OOC(=O)c1ccc2cc(C(=O)O)ccc2c1C(=O)O. The molecular weight excluding hydrogens is 332 g/mol. The first-order valence-corrected chi connectivity index (χ1v) is 6.84. The quantitative estimate of drug-likeness (QED) is 0.492. The third kappa shape index (κ3) is 3.63. The second kappa shape index (κ2) is 6.83. The van der Waals surface area contributed by atoms with Crippen molar-refractivity contribution in [2.75, 3.05) is 0 Å². The summed E-state index contributed by atoms with van der Waals surface area (Å²) in [4.78, 5) is 54.4. The predicted octanol–water partition coefficient (Wildman–Crippen LogP) is 2.43. The van der Waals surface area contributed by atoms with Crippen molar-refractivity contribution in [3.8, 4) is 0 Å². The van der Waals surface area contributed by atoms with E-state index in [9.17, 15) is 24.3 Å². The van der Waals surface area contributed by atoms with Crippen LogP contribution in [0.2, 0.25) is 0 Å². The fourth-order valence-corrected chi connectivity index (χ4v) is 2.06. The number of rotatable bonds is 4. The molecule has 0 unspecified atom stereocenters. The molecule has 0 bridgehead atoms. The Labute approximate surface area is 140 Å². The number of benzene rings is 2. The average molecular weight is 344 g/mol. The van der Waals surface area contributed by atoms with Gasteiger partial charge in [-0.3, -0.25) is 0 Å². The van der Waals surface area contributed by atoms with Gasteiger partial charge in [0, 0.05) is 5.57 Å². The van der Waals surface area contributed by atoms with Gasteiger partial charge in [-0.2, -0.15) is 0 Å². The van der Waals surface area contributed by atoms with Crippen LogP contribution < -0.4 is 0 Å². The monoisotopic (exact) mass is 344 g/mol. The molecule has 0 heterocycles. The minimum absolute atomic E-state index is 0.00836. The third-order valence-corrected chi connectivity index (χ3v) is 3.24. The van der Waals surface area contributed by atoms with Crippen LogP contribution in [0, 0.1) is 0 Å². The highest BCUT2D eigenvalue weighted by Crippen LogP contribution is 2.25. The fourth-order valence-electron chi connectivity index (χ4n) is 2.06. The van der Waals surface area contributed by atoms with Crippen LogP contribution in [-0.4, -0.2) is 34.1 Å². The van der Waals surface area contributed by atoms with E-state index in [0.717, 1.165) is 6.07 Å². The fraction of sp³-hybridized carbons (Fsp3) is 0.0588. The number of carboxylic acid groups (broad SMARTS) is 2. The van der Waals surface area contributed by atoms with Gasteiger partial charge in [-0.05, 0) is 35.9 Å². The van der Waals surface area contributed by atoms with Crippen molar-refractivity contribution in [1.82, 2.24) is 0 Å². The molecule has 2 rings (SSSR count). The summed E-state index contributed by atoms with van der Waals surface area (Å²) in [5.41, 5.74) is -0.788. The van der Waals surface area contributed by atoms with Crippen LogP contribution in [0.25, 0.3) is 10.8 Å². The first-order chi connectivity index (χ1) is 11.7. The van der Waals surface area contributed by atoms with Gasteiger partial charge >= 0.3 is 23.9 Å². The van der Waals surface area contributed by atoms with Crippen molar-refractivity contribution in [3.63, 3.8) is 0 Å². The summed E-state index contributed by atoms with van der Waals surface area (Å²) in [6.45, 7) is 4.65. The molecule has 0 saturated heterocycles. The van der Waals surface area contributed by atoms with Crippen molar-refractivity contribution >= 4 is 34.6 Å². The zero-order valence-electron chi connectivity index (χ0n) is 12.9. The van der Waals surface area contributed by atoms with E-state index in [4.69, 9.17) is 5.11 Å². The van der Waals surface area contributed by atoms with Crippen molar-refractivity contribution in [3.05, 3.63) is 59.2 Å². The van der Waals surface area contributed by atoms with E-state index in [1.807, 2.05) is 0 Å². The molecule has 8 heteroatoms. The lowest BCUT2D eigenvalue weighted by molar-refractivity contribution is -0.229. The highest BCUT2D eigenvalue weighted by Gasteiger charge is 2.23. The number of carboxylic acids is 2. The molecule has 0 aliphatic carbocycles. The second-order valence-electron chi connectivity index (χ2n) is 5.06. The van der Waals surface area contributed by atoms with Gasteiger partial charge in [0.05, 0.1) is 16.7 Å². The van der Waals surface area contributed by atoms with Gasteiger partial charge in [-0.25, -0.2) is 29.0 Å². The van der Waals surface area contributed by atoms with Gasteiger partial charge in [0.15, 0.2) is 0 Å². The Balaban J connectivity index is 2.48. The second-order valence-corrected chi connectivity index (χ2v) is 5.06. The molecule has 2 aromatic carbocycles. The summed E-state index contributed by atoms with van der Waals surface area (Å²) in [5.74, 6) is -4.76. The van der Waals surface area contributed by atoms with Crippen LogP contribution >= 0.6 is 0 Å². The molecule has 2 aromatic rings. The maximum absolute atomic E-state index is 12.0. The van der Waals surface area contributed by atoms with Crippen LogP contribution in [0.3, 0.4) is 0 Å². The van der Waals surface area contributed by atoms with E-state index in [-0.39, 0.29) is 22.1 Å². The molecular formula is C17H12O8. The Bertz CT molecular complexity index is 926. The number of hydrogen-bond donors (Lipinski definition) is 2. The molecule has 128 valence electrons. The van der Waals surface area contributed by atoms with E-state index in [1.54, 1.807) is 0 Å². The van der Waals surface area contributed by atoms with E-state index >= 15 is 0 Å². The average Bonchev–Trinajstić information content (AvgIpc) is 2.57. The predicted molar refractivity (Wildman–Crippen MR) is 84.2 cm³/mol. The minimum atomic E-state index is -1.42. The maximum Gasteiger partial charge on any atom is 0.387 e. The summed E-state index contributed by atoms with van der Waals surface area (Å²) in [6.07, 6.45) is 0. The van der Waals surface area contributed by atoms with Crippen LogP contribution in [0.1, 0.15) is 38.0 Å². The van der Waals surface area contributed by atoms with Gasteiger partial charge < -0.3 is 10.2 Å². The molecule has 0 radical (unpaired) electrons. The first-order valence-electron chi connectivity index (χ1n) is 6.84. The third-order valence-electron chi connectivity index (χ3n) is 3.24. The van der Waals surface area contributed by atoms with Crippen molar-refractivity contribution in [2.24, 2.45) is 0 Å². The number of fused-ring (bicyclic) bond motifs is 1.